The molecule has 1 atom stereocenters. The van der Waals surface area contributed by atoms with Crippen molar-refractivity contribution in [2.45, 2.75) is 6.04 Å². The second-order valence-electron chi connectivity index (χ2n) is 8.57. The summed E-state index contributed by atoms with van der Waals surface area (Å²) in [4.78, 5) is 28.7. The van der Waals surface area contributed by atoms with Gasteiger partial charge in [0.05, 0.1) is 18.7 Å². The number of furan rings is 1. The molecule has 8 nitrogen and oxygen atoms in total. The highest BCUT2D eigenvalue weighted by atomic mass is 79.9. The number of aliphatic hydroxyl groups is 1. The van der Waals surface area contributed by atoms with Crippen LogP contribution >= 0.6 is 15.9 Å². The normalized spacial score (nSPS) is 17.0. The van der Waals surface area contributed by atoms with E-state index in [4.69, 9.17) is 18.6 Å². The summed E-state index contributed by atoms with van der Waals surface area (Å²) in [6, 6.07) is 18.1. The van der Waals surface area contributed by atoms with Gasteiger partial charge in [0.1, 0.15) is 24.5 Å². The fourth-order valence-corrected chi connectivity index (χ4v) is 5.05. The maximum absolute atomic E-state index is 13.8. The van der Waals surface area contributed by atoms with Gasteiger partial charge >= 0.3 is 0 Å². The van der Waals surface area contributed by atoms with E-state index < -0.39 is 23.5 Å². The Morgan fingerprint density at radius 3 is 2.65 bits per heavy atom. The van der Waals surface area contributed by atoms with Crippen molar-refractivity contribution in [3.8, 4) is 17.2 Å². The molecule has 3 heterocycles. The number of ketones is 1. The molecule has 1 aromatic heterocycles. The van der Waals surface area contributed by atoms with E-state index in [0.717, 1.165) is 4.47 Å². The first-order valence-corrected chi connectivity index (χ1v) is 12.3. The molecule has 1 amide bonds. The predicted octanol–water partition coefficient (Wildman–Crippen LogP) is 5.76. The lowest BCUT2D eigenvalue weighted by Gasteiger charge is -2.28. The van der Waals surface area contributed by atoms with Crippen LogP contribution < -0.4 is 19.1 Å². The second kappa shape index (κ2) is 9.01. The predicted molar refractivity (Wildman–Crippen MR) is 139 cm³/mol. The molecular formula is C28H20BrNO7. The number of benzene rings is 3. The highest BCUT2D eigenvalue weighted by molar-refractivity contribution is 9.10. The SMILES string of the molecule is COc1cccc(C2C(C(=O)c3cc4cc(Br)ccc4o3)=C(O)C(=O)N2c2ccc3c(c2)OCCO3)c1. The van der Waals surface area contributed by atoms with E-state index in [1.807, 2.05) is 6.07 Å². The summed E-state index contributed by atoms with van der Waals surface area (Å²) in [5, 5.41) is 11.8. The third kappa shape index (κ3) is 3.92. The molecule has 0 radical (unpaired) electrons. The zero-order valence-electron chi connectivity index (χ0n) is 19.6. The topological polar surface area (TPSA) is 98.4 Å². The highest BCUT2D eigenvalue weighted by Gasteiger charge is 2.45. The van der Waals surface area contributed by atoms with E-state index in [-0.39, 0.29) is 11.3 Å². The van der Waals surface area contributed by atoms with Gasteiger partial charge in [-0.1, -0.05) is 28.1 Å². The van der Waals surface area contributed by atoms with Gasteiger partial charge in [0, 0.05) is 21.6 Å². The number of halogens is 1. The summed E-state index contributed by atoms with van der Waals surface area (Å²) in [6.07, 6.45) is 0. The van der Waals surface area contributed by atoms with Crippen LogP contribution in [0.5, 0.6) is 17.2 Å². The number of nitrogens with zero attached hydrogens (tertiary/aromatic N) is 1. The van der Waals surface area contributed by atoms with Crippen LogP contribution in [0.25, 0.3) is 11.0 Å². The molecule has 186 valence electrons. The number of carbonyl (C=O) groups is 2. The van der Waals surface area contributed by atoms with E-state index >= 15 is 0 Å². The fourth-order valence-electron chi connectivity index (χ4n) is 4.67. The summed E-state index contributed by atoms with van der Waals surface area (Å²) < 4.78 is 23.4. The van der Waals surface area contributed by atoms with Crippen LogP contribution in [0, 0.1) is 0 Å². The van der Waals surface area contributed by atoms with Crippen LogP contribution in [0.2, 0.25) is 0 Å². The van der Waals surface area contributed by atoms with Crippen molar-refractivity contribution in [1.82, 2.24) is 0 Å². The number of aliphatic hydroxyl groups excluding tert-OH is 1. The average Bonchev–Trinajstić information content (AvgIpc) is 3.46. The number of hydrogen-bond donors (Lipinski definition) is 1. The van der Waals surface area contributed by atoms with Crippen LogP contribution in [0.1, 0.15) is 22.2 Å². The van der Waals surface area contributed by atoms with Crippen LogP contribution in [0.4, 0.5) is 5.69 Å². The maximum atomic E-state index is 13.8. The Labute approximate surface area is 219 Å². The van der Waals surface area contributed by atoms with E-state index in [0.29, 0.717) is 52.7 Å². The minimum absolute atomic E-state index is 0.0133. The minimum atomic E-state index is -0.947. The molecule has 0 aliphatic carbocycles. The summed E-state index contributed by atoms with van der Waals surface area (Å²) in [6.45, 7) is 0.801. The molecule has 0 saturated carbocycles. The molecule has 3 aromatic carbocycles. The molecule has 0 fully saturated rings. The Bertz CT molecular complexity index is 1610. The Hall–Kier alpha value is -4.24. The number of rotatable bonds is 5. The Balaban J connectivity index is 1.49. The zero-order chi connectivity index (χ0) is 25.7. The maximum Gasteiger partial charge on any atom is 0.294 e. The zero-order valence-corrected chi connectivity index (χ0v) is 21.2. The number of ether oxygens (including phenoxy) is 3. The van der Waals surface area contributed by atoms with Gasteiger partial charge in [-0.3, -0.25) is 14.5 Å². The molecule has 6 rings (SSSR count). The quantitative estimate of drug-likeness (QED) is 0.309. The van der Waals surface area contributed by atoms with Crippen molar-refractivity contribution >= 4 is 44.3 Å². The van der Waals surface area contributed by atoms with Crippen molar-refractivity contribution in [3.63, 3.8) is 0 Å². The van der Waals surface area contributed by atoms with Crippen LogP contribution in [0.3, 0.4) is 0 Å². The van der Waals surface area contributed by atoms with E-state index in [1.165, 1.54) is 12.0 Å². The van der Waals surface area contributed by atoms with Crippen molar-refractivity contribution in [3.05, 3.63) is 93.9 Å². The summed E-state index contributed by atoms with van der Waals surface area (Å²) >= 11 is 3.42. The average molecular weight is 562 g/mol. The van der Waals surface area contributed by atoms with Crippen LogP contribution in [0.15, 0.2) is 87.0 Å². The largest absolute Gasteiger partial charge is 0.503 e. The van der Waals surface area contributed by atoms with Gasteiger partial charge < -0.3 is 23.7 Å². The van der Waals surface area contributed by atoms with Gasteiger partial charge in [-0.05, 0) is 54.1 Å². The number of methoxy groups -OCH3 is 1. The first-order chi connectivity index (χ1) is 17.9. The Morgan fingerprint density at radius 1 is 1.03 bits per heavy atom. The van der Waals surface area contributed by atoms with Gasteiger partial charge in [-0.2, -0.15) is 0 Å². The van der Waals surface area contributed by atoms with Gasteiger partial charge in [0.25, 0.3) is 5.91 Å². The lowest BCUT2D eigenvalue weighted by atomic mass is 9.94. The van der Waals surface area contributed by atoms with Crippen molar-refractivity contribution in [1.29, 1.82) is 0 Å². The molecular weight excluding hydrogens is 542 g/mol. The molecule has 2 aliphatic rings. The van der Waals surface area contributed by atoms with Crippen molar-refractivity contribution in [2.75, 3.05) is 25.2 Å². The van der Waals surface area contributed by atoms with Crippen LogP contribution in [-0.4, -0.2) is 37.1 Å². The van der Waals surface area contributed by atoms with Crippen molar-refractivity contribution in [2.24, 2.45) is 0 Å². The molecule has 1 N–H and O–H groups in total. The lowest BCUT2D eigenvalue weighted by molar-refractivity contribution is -0.117. The summed E-state index contributed by atoms with van der Waals surface area (Å²) in [5.74, 6) is -0.366. The van der Waals surface area contributed by atoms with Crippen LogP contribution in [-0.2, 0) is 4.79 Å². The Morgan fingerprint density at radius 2 is 1.84 bits per heavy atom. The first kappa shape index (κ1) is 23.2. The summed E-state index contributed by atoms with van der Waals surface area (Å²) in [7, 11) is 1.53. The fraction of sp³-hybridized carbons (Fsp3) is 0.143. The van der Waals surface area contributed by atoms with E-state index in [1.54, 1.807) is 60.7 Å². The van der Waals surface area contributed by atoms with E-state index in [2.05, 4.69) is 15.9 Å². The van der Waals surface area contributed by atoms with E-state index in [9.17, 15) is 14.7 Å². The Kier molecular flexibility index (Phi) is 5.64. The number of fused-ring (bicyclic) bond motifs is 2. The number of amides is 1. The third-order valence-electron chi connectivity index (χ3n) is 6.37. The molecule has 0 bridgehead atoms. The molecule has 37 heavy (non-hydrogen) atoms. The highest BCUT2D eigenvalue weighted by Crippen LogP contribution is 2.45. The molecule has 2 aliphatic heterocycles. The van der Waals surface area contributed by atoms with Gasteiger partial charge in [-0.25, -0.2) is 0 Å². The minimum Gasteiger partial charge on any atom is -0.503 e. The lowest BCUT2D eigenvalue weighted by Crippen LogP contribution is -2.31. The first-order valence-electron chi connectivity index (χ1n) is 11.5. The number of hydrogen-bond acceptors (Lipinski definition) is 7. The number of Topliss-reactive ketones (excluding diaryl/α,β-unsaturated/α-hetero) is 1. The second-order valence-corrected chi connectivity index (χ2v) is 9.48. The summed E-state index contributed by atoms with van der Waals surface area (Å²) in [5.41, 5.74) is 1.43. The van der Waals surface area contributed by atoms with Crippen molar-refractivity contribution < 1.29 is 33.3 Å². The monoisotopic (exact) mass is 561 g/mol. The molecule has 0 spiro atoms. The number of carbonyl (C=O) groups excluding carboxylic acids is 2. The van der Waals surface area contributed by atoms with Gasteiger partial charge in [0.15, 0.2) is 23.0 Å². The number of anilines is 1. The molecule has 9 heteroatoms. The molecule has 0 saturated heterocycles. The van der Waals surface area contributed by atoms with Gasteiger partial charge in [0.2, 0.25) is 5.78 Å². The standard InChI is InChI=1S/C28H20BrNO7/c1-34-19-4-2-3-15(12-19)25-24(26(31)23-13-16-11-17(29)5-7-20(16)37-23)27(32)28(33)30(25)18-6-8-21-22(14-18)36-10-9-35-21/h2-8,11-14,25,32H,9-10H2,1H3. The van der Waals surface area contributed by atoms with Gasteiger partial charge in [-0.15, -0.1) is 0 Å². The third-order valence-corrected chi connectivity index (χ3v) is 6.86. The molecule has 1 unspecified atom stereocenters. The molecule has 4 aromatic rings. The smallest absolute Gasteiger partial charge is 0.294 e.